The fraction of sp³-hybridized carbons (Fsp3) is 0.286. The molecule has 0 unspecified atom stereocenters. The third-order valence-corrected chi connectivity index (χ3v) is 2.93. The number of halogens is 1. The van der Waals surface area contributed by atoms with Crippen LogP contribution in [0.1, 0.15) is 30.1 Å². The lowest BCUT2D eigenvalue weighted by Crippen LogP contribution is -2.05. The SMILES string of the molecule is CCOC(=O)c1oc(-c2ccccc2Cl)nc1CC. The van der Waals surface area contributed by atoms with Crippen LogP contribution in [0.25, 0.3) is 11.5 Å². The Hall–Kier alpha value is -1.81. The van der Waals surface area contributed by atoms with Gasteiger partial charge in [0, 0.05) is 0 Å². The van der Waals surface area contributed by atoms with Gasteiger partial charge in [0.25, 0.3) is 0 Å². The molecular weight excluding hydrogens is 266 g/mol. The molecule has 0 spiro atoms. The second kappa shape index (κ2) is 5.89. The first kappa shape index (κ1) is 13.6. The van der Waals surface area contributed by atoms with Crippen LogP contribution in [0.2, 0.25) is 5.02 Å². The molecule has 0 fully saturated rings. The minimum atomic E-state index is -0.495. The second-order valence-electron chi connectivity index (χ2n) is 3.85. The number of ether oxygens (including phenoxy) is 1. The van der Waals surface area contributed by atoms with Crippen LogP contribution in [0.4, 0.5) is 0 Å². The molecule has 0 bridgehead atoms. The number of aromatic nitrogens is 1. The van der Waals surface area contributed by atoms with Gasteiger partial charge in [-0.25, -0.2) is 9.78 Å². The monoisotopic (exact) mass is 279 g/mol. The summed E-state index contributed by atoms with van der Waals surface area (Å²) < 4.78 is 10.5. The van der Waals surface area contributed by atoms with Gasteiger partial charge in [0.15, 0.2) is 0 Å². The minimum absolute atomic E-state index is 0.152. The standard InChI is InChI=1S/C14H14ClNO3/c1-3-11-12(14(17)18-4-2)19-13(16-11)9-7-5-6-8-10(9)15/h5-8H,3-4H2,1-2H3. The third kappa shape index (κ3) is 2.79. The van der Waals surface area contributed by atoms with Crippen molar-refractivity contribution >= 4 is 17.6 Å². The Labute approximate surface area is 116 Å². The number of nitrogens with zero attached hydrogens (tertiary/aromatic N) is 1. The highest BCUT2D eigenvalue weighted by Crippen LogP contribution is 2.29. The van der Waals surface area contributed by atoms with Crippen molar-refractivity contribution in [3.05, 3.63) is 40.7 Å². The lowest BCUT2D eigenvalue weighted by atomic mass is 10.2. The third-order valence-electron chi connectivity index (χ3n) is 2.60. The molecule has 0 aliphatic rings. The maximum Gasteiger partial charge on any atom is 0.376 e. The first-order valence-electron chi connectivity index (χ1n) is 6.09. The molecule has 2 aromatic rings. The fourth-order valence-electron chi connectivity index (χ4n) is 1.70. The average molecular weight is 280 g/mol. The molecule has 4 nitrogen and oxygen atoms in total. The van der Waals surface area contributed by atoms with Crippen molar-refractivity contribution in [3.8, 4) is 11.5 Å². The number of rotatable bonds is 4. The molecule has 0 atom stereocenters. The Morgan fingerprint density at radius 3 is 2.74 bits per heavy atom. The van der Waals surface area contributed by atoms with Gasteiger partial charge in [0.1, 0.15) is 0 Å². The van der Waals surface area contributed by atoms with Crippen molar-refractivity contribution < 1.29 is 13.9 Å². The average Bonchev–Trinajstić information content (AvgIpc) is 2.83. The highest BCUT2D eigenvalue weighted by Gasteiger charge is 2.21. The number of benzene rings is 1. The van der Waals surface area contributed by atoms with Gasteiger partial charge < -0.3 is 9.15 Å². The highest BCUT2D eigenvalue weighted by atomic mass is 35.5. The van der Waals surface area contributed by atoms with Gasteiger partial charge in [-0.3, -0.25) is 0 Å². The van der Waals surface area contributed by atoms with Crippen LogP contribution < -0.4 is 0 Å². The van der Waals surface area contributed by atoms with Crippen LogP contribution >= 0.6 is 11.6 Å². The van der Waals surface area contributed by atoms with Crippen LogP contribution in [0.3, 0.4) is 0 Å². The summed E-state index contributed by atoms with van der Waals surface area (Å²) in [6.07, 6.45) is 0.585. The van der Waals surface area contributed by atoms with Gasteiger partial charge in [0.2, 0.25) is 11.7 Å². The molecule has 2 rings (SSSR count). The lowest BCUT2D eigenvalue weighted by Gasteiger charge is -1.99. The molecule has 0 amide bonds. The van der Waals surface area contributed by atoms with E-state index >= 15 is 0 Å². The summed E-state index contributed by atoms with van der Waals surface area (Å²) in [6, 6.07) is 7.20. The topological polar surface area (TPSA) is 52.3 Å². The van der Waals surface area contributed by atoms with Crippen molar-refractivity contribution in [3.63, 3.8) is 0 Å². The fourth-order valence-corrected chi connectivity index (χ4v) is 1.91. The van der Waals surface area contributed by atoms with Gasteiger partial charge in [-0.1, -0.05) is 30.7 Å². The normalized spacial score (nSPS) is 10.5. The molecule has 1 aromatic heterocycles. The molecule has 0 N–H and O–H groups in total. The van der Waals surface area contributed by atoms with E-state index in [-0.39, 0.29) is 5.76 Å². The number of hydrogen-bond donors (Lipinski definition) is 0. The first-order chi connectivity index (χ1) is 9.17. The second-order valence-corrected chi connectivity index (χ2v) is 4.26. The molecule has 100 valence electrons. The summed E-state index contributed by atoms with van der Waals surface area (Å²) in [5.41, 5.74) is 1.24. The van der Waals surface area contributed by atoms with E-state index < -0.39 is 5.97 Å². The summed E-state index contributed by atoms with van der Waals surface area (Å²) in [6.45, 7) is 3.94. The summed E-state index contributed by atoms with van der Waals surface area (Å²) in [5, 5.41) is 0.529. The number of oxazole rings is 1. The molecule has 0 saturated carbocycles. The quantitative estimate of drug-likeness (QED) is 0.800. The predicted octanol–water partition coefficient (Wildman–Crippen LogP) is 3.73. The Morgan fingerprint density at radius 1 is 1.37 bits per heavy atom. The Kier molecular flexibility index (Phi) is 4.22. The number of hydrogen-bond acceptors (Lipinski definition) is 4. The summed E-state index contributed by atoms with van der Waals surface area (Å²) in [4.78, 5) is 16.1. The number of aryl methyl sites for hydroxylation is 1. The Balaban J connectivity index is 2.44. The van der Waals surface area contributed by atoms with Crippen LogP contribution in [0.15, 0.2) is 28.7 Å². The number of carbonyl (C=O) groups is 1. The predicted molar refractivity (Wildman–Crippen MR) is 72.3 cm³/mol. The van der Waals surface area contributed by atoms with Gasteiger partial charge >= 0.3 is 5.97 Å². The van der Waals surface area contributed by atoms with Gasteiger partial charge in [-0.2, -0.15) is 0 Å². The van der Waals surface area contributed by atoms with E-state index in [1.807, 2.05) is 19.1 Å². The molecule has 0 radical (unpaired) electrons. The van der Waals surface area contributed by atoms with E-state index in [1.165, 1.54) is 0 Å². The van der Waals surface area contributed by atoms with Crippen LogP contribution in [0, 0.1) is 0 Å². The van der Waals surface area contributed by atoms with E-state index in [0.29, 0.717) is 35.2 Å². The first-order valence-corrected chi connectivity index (χ1v) is 6.46. The zero-order chi connectivity index (χ0) is 13.8. The van der Waals surface area contributed by atoms with Crippen LogP contribution in [-0.4, -0.2) is 17.6 Å². The van der Waals surface area contributed by atoms with E-state index in [2.05, 4.69) is 4.98 Å². The summed E-state index contributed by atoms with van der Waals surface area (Å²) >= 11 is 6.09. The molecule has 0 aliphatic heterocycles. The molecule has 1 heterocycles. The Bertz CT molecular complexity index is 592. The maximum atomic E-state index is 11.8. The van der Waals surface area contributed by atoms with Gasteiger partial charge in [0.05, 0.1) is 22.9 Å². The smallest absolute Gasteiger partial charge is 0.376 e. The van der Waals surface area contributed by atoms with Crippen molar-refractivity contribution in [2.24, 2.45) is 0 Å². The summed E-state index contributed by atoms with van der Waals surface area (Å²) in [5.74, 6) is -0.00470. The van der Waals surface area contributed by atoms with Crippen molar-refractivity contribution in [2.75, 3.05) is 6.61 Å². The van der Waals surface area contributed by atoms with Crippen LogP contribution in [0.5, 0.6) is 0 Å². The molecule has 5 heteroatoms. The van der Waals surface area contributed by atoms with E-state index in [9.17, 15) is 4.79 Å². The van der Waals surface area contributed by atoms with E-state index in [0.717, 1.165) is 0 Å². The van der Waals surface area contributed by atoms with Crippen molar-refractivity contribution in [1.82, 2.24) is 4.98 Å². The zero-order valence-corrected chi connectivity index (χ0v) is 11.5. The van der Waals surface area contributed by atoms with Crippen molar-refractivity contribution in [1.29, 1.82) is 0 Å². The molecule has 1 aromatic carbocycles. The number of esters is 1. The van der Waals surface area contributed by atoms with E-state index in [4.69, 9.17) is 20.8 Å². The maximum absolute atomic E-state index is 11.8. The molecular formula is C14H14ClNO3. The van der Waals surface area contributed by atoms with Gasteiger partial charge in [-0.15, -0.1) is 0 Å². The Morgan fingerprint density at radius 2 is 2.11 bits per heavy atom. The lowest BCUT2D eigenvalue weighted by molar-refractivity contribution is 0.0489. The molecule has 0 aliphatic carbocycles. The number of carbonyl (C=O) groups excluding carboxylic acids is 1. The largest absolute Gasteiger partial charge is 0.460 e. The molecule has 19 heavy (non-hydrogen) atoms. The molecule has 0 saturated heterocycles. The summed E-state index contributed by atoms with van der Waals surface area (Å²) in [7, 11) is 0. The van der Waals surface area contributed by atoms with E-state index in [1.54, 1.807) is 19.1 Å². The minimum Gasteiger partial charge on any atom is -0.460 e. The zero-order valence-electron chi connectivity index (χ0n) is 10.8. The van der Waals surface area contributed by atoms with Crippen LogP contribution in [-0.2, 0) is 11.2 Å². The highest BCUT2D eigenvalue weighted by molar-refractivity contribution is 6.33. The van der Waals surface area contributed by atoms with Gasteiger partial charge in [-0.05, 0) is 25.5 Å². The van der Waals surface area contributed by atoms with Crippen molar-refractivity contribution in [2.45, 2.75) is 20.3 Å².